The zero-order valence-electron chi connectivity index (χ0n) is 12.6. The summed E-state index contributed by atoms with van der Waals surface area (Å²) in [5.41, 5.74) is 0.993. The Hall–Kier alpha value is -1.95. The maximum Gasteiger partial charge on any atom is 0.228 e. The van der Waals surface area contributed by atoms with Gasteiger partial charge >= 0.3 is 0 Å². The predicted molar refractivity (Wildman–Crippen MR) is 79.8 cm³/mol. The maximum atomic E-state index is 12.6. The van der Waals surface area contributed by atoms with Gasteiger partial charge in [-0.3, -0.25) is 14.6 Å². The summed E-state index contributed by atoms with van der Waals surface area (Å²) in [6.07, 6.45) is 4.65. The van der Waals surface area contributed by atoms with Crippen molar-refractivity contribution in [1.82, 2.24) is 14.8 Å². The summed E-state index contributed by atoms with van der Waals surface area (Å²) in [6.45, 7) is 3.69. The normalized spacial score (nSPS) is 22.7. The van der Waals surface area contributed by atoms with Crippen molar-refractivity contribution in [3.05, 3.63) is 30.1 Å². The molecule has 6 nitrogen and oxygen atoms in total. The van der Waals surface area contributed by atoms with E-state index in [1.807, 2.05) is 17.0 Å². The molecule has 0 bridgehead atoms. The molecule has 118 valence electrons. The smallest absolute Gasteiger partial charge is 0.228 e. The molecule has 0 spiro atoms. The highest BCUT2D eigenvalue weighted by atomic mass is 16.5. The van der Waals surface area contributed by atoms with Crippen LogP contribution in [0.2, 0.25) is 0 Å². The van der Waals surface area contributed by atoms with E-state index in [0.29, 0.717) is 39.3 Å². The number of likely N-dealkylation sites (tertiary alicyclic amines) is 1. The van der Waals surface area contributed by atoms with E-state index in [1.165, 1.54) is 0 Å². The Morgan fingerprint density at radius 3 is 3.09 bits per heavy atom. The van der Waals surface area contributed by atoms with Gasteiger partial charge in [0.1, 0.15) is 0 Å². The summed E-state index contributed by atoms with van der Waals surface area (Å²) in [5, 5.41) is 0. The van der Waals surface area contributed by atoms with Crippen LogP contribution >= 0.6 is 0 Å². The number of hydrogen-bond acceptors (Lipinski definition) is 4. The number of nitrogens with zero attached hydrogens (tertiary/aromatic N) is 3. The molecular formula is C16H21N3O3. The van der Waals surface area contributed by atoms with Crippen LogP contribution in [0.25, 0.3) is 0 Å². The zero-order chi connectivity index (χ0) is 15.4. The van der Waals surface area contributed by atoms with E-state index in [9.17, 15) is 9.59 Å². The SMILES string of the molecule is O=C1CC(C(=O)N2CCCOCC2)CN1Cc1cccnc1. The predicted octanol–water partition coefficient (Wildman–Crippen LogP) is 0.679. The molecular weight excluding hydrogens is 282 g/mol. The lowest BCUT2D eigenvalue weighted by Gasteiger charge is -2.23. The quantitative estimate of drug-likeness (QED) is 0.824. The minimum absolute atomic E-state index is 0.0493. The van der Waals surface area contributed by atoms with Crippen LogP contribution in [0.3, 0.4) is 0 Å². The van der Waals surface area contributed by atoms with Gasteiger partial charge in [0.25, 0.3) is 0 Å². The molecule has 1 aromatic rings. The fourth-order valence-electron chi connectivity index (χ4n) is 3.03. The molecule has 0 aliphatic carbocycles. The van der Waals surface area contributed by atoms with Crippen molar-refractivity contribution < 1.29 is 14.3 Å². The third-order valence-corrected chi connectivity index (χ3v) is 4.19. The van der Waals surface area contributed by atoms with Crippen LogP contribution in [0.1, 0.15) is 18.4 Å². The fraction of sp³-hybridized carbons (Fsp3) is 0.562. The first-order valence-electron chi connectivity index (χ1n) is 7.77. The number of hydrogen-bond donors (Lipinski definition) is 0. The summed E-state index contributed by atoms with van der Waals surface area (Å²) < 4.78 is 5.38. The van der Waals surface area contributed by atoms with Gasteiger partial charge in [-0.05, 0) is 18.1 Å². The first kappa shape index (κ1) is 15.0. The fourth-order valence-corrected chi connectivity index (χ4v) is 3.03. The molecule has 1 aromatic heterocycles. The molecule has 6 heteroatoms. The molecule has 2 aliphatic heterocycles. The molecule has 2 saturated heterocycles. The Morgan fingerprint density at radius 2 is 2.27 bits per heavy atom. The van der Waals surface area contributed by atoms with E-state index in [4.69, 9.17) is 4.74 Å². The molecule has 2 aliphatic rings. The number of carbonyl (C=O) groups excluding carboxylic acids is 2. The van der Waals surface area contributed by atoms with Crippen LogP contribution in [0.5, 0.6) is 0 Å². The first-order chi connectivity index (χ1) is 10.7. The minimum Gasteiger partial charge on any atom is -0.380 e. The number of rotatable bonds is 3. The van der Waals surface area contributed by atoms with Crippen LogP contribution in [-0.2, 0) is 20.9 Å². The number of ether oxygens (including phenoxy) is 1. The second kappa shape index (κ2) is 6.87. The highest BCUT2D eigenvalue weighted by Gasteiger charge is 2.36. The molecule has 2 fully saturated rings. The standard InChI is InChI=1S/C16H21N3O3/c20-15-9-14(16(21)18-5-2-7-22-8-6-18)12-19(15)11-13-3-1-4-17-10-13/h1,3-4,10,14H,2,5-9,11-12H2. The van der Waals surface area contributed by atoms with Gasteiger partial charge in [-0.1, -0.05) is 6.07 Å². The van der Waals surface area contributed by atoms with Crippen molar-refractivity contribution in [1.29, 1.82) is 0 Å². The number of pyridine rings is 1. The lowest BCUT2D eigenvalue weighted by Crippen LogP contribution is -2.38. The van der Waals surface area contributed by atoms with Gasteiger partial charge in [-0.2, -0.15) is 0 Å². The number of carbonyl (C=O) groups is 2. The van der Waals surface area contributed by atoms with Gasteiger partial charge < -0.3 is 14.5 Å². The molecule has 22 heavy (non-hydrogen) atoms. The summed E-state index contributed by atoms with van der Waals surface area (Å²) in [4.78, 5) is 32.4. The molecule has 3 rings (SSSR count). The second-order valence-corrected chi connectivity index (χ2v) is 5.83. The van der Waals surface area contributed by atoms with E-state index in [-0.39, 0.29) is 17.7 Å². The summed E-state index contributed by atoms with van der Waals surface area (Å²) in [7, 11) is 0. The molecule has 1 unspecified atom stereocenters. The molecule has 0 saturated carbocycles. The Bertz CT molecular complexity index is 527. The van der Waals surface area contributed by atoms with E-state index < -0.39 is 0 Å². The van der Waals surface area contributed by atoms with E-state index in [1.54, 1.807) is 17.3 Å². The van der Waals surface area contributed by atoms with Gasteiger partial charge in [-0.25, -0.2) is 0 Å². The maximum absolute atomic E-state index is 12.6. The Morgan fingerprint density at radius 1 is 1.36 bits per heavy atom. The van der Waals surface area contributed by atoms with Crippen molar-refractivity contribution in [3.8, 4) is 0 Å². The van der Waals surface area contributed by atoms with Crippen LogP contribution in [0.15, 0.2) is 24.5 Å². The van der Waals surface area contributed by atoms with Crippen molar-refractivity contribution in [2.75, 3.05) is 32.8 Å². The van der Waals surface area contributed by atoms with E-state index >= 15 is 0 Å². The third-order valence-electron chi connectivity index (χ3n) is 4.19. The van der Waals surface area contributed by atoms with Crippen molar-refractivity contribution in [2.24, 2.45) is 5.92 Å². The molecule has 3 heterocycles. The van der Waals surface area contributed by atoms with Crippen LogP contribution in [-0.4, -0.2) is 59.4 Å². The van der Waals surface area contributed by atoms with Crippen LogP contribution in [0.4, 0.5) is 0 Å². The summed E-state index contributed by atoms with van der Waals surface area (Å²) in [5.74, 6) is -0.0805. The van der Waals surface area contributed by atoms with Gasteiger partial charge in [0.15, 0.2) is 0 Å². The summed E-state index contributed by atoms with van der Waals surface area (Å²) in [6, 6.07) is 3.80. The highest BCUT2D eigenvalue weighted by molar-refractivity contribution is 5.89. The minimum atomic E-state index is -0.220. The molecule has 1 atom stereocenters. The second-order valence-electron chi connectivity index (χ2n) is 5.83. The first-order valence-corrected chi connectivity index (χ1v) is 7.77. The van der Waals surface area contributed by atoms with Crippen molar-refractivity contribution in [2.45, 2.75) is 19.4 Å². The van der Waals surface area contributed by atoms with E-state index in [0.717, 1.165) is 18.5 Å². The van der Waals surface area contributed by atoms with E-state index in [2.05, 4.69) is 4.98 Å². The lowest BCUT2D eigenvalue weighted by atomic mass is 10.1. The van der Waals surface area contributed by atoms with Crippen molar-refractivity contribution in [3.63, 3.8) is 0 Å². The zero-order valence-corrected chi connectivity index (χ0v) is 12.6. The highest BCUT2D eigenvalue weighted by Crippen LogP contribution is 2.22. The summed E-state index contributed by atoms with van der Waals surface area (Å²) >= 11 is 0. The molecule has 0 radical (unpaired) electrons. The van der Waals surface area contributed by atoms with Crippen LogP contribution < -0.4 is 0 Å². The van der Waals surface area contributed by atoms with Crippen molar-refractivity contribution >= 4 is 11.8 Å². The molecule has 0 N–H and O–H groups in total. The lowest BCUT2D eigenvalue weighted by molar-refractivity contribution is -0.135. The third kappa shape index (κ3) is 3.44. The Kier molecular flexibility index (Phi) is 4.68. The number of aromatic nitrogens is 1. The number of amides is 2. The Labute approximate surface area is 130 Å². The monoisotopic (exact) mass is 303 g/mol. The topological polar surface area (TPSA) is 62.7 Å². The average Bonchev–Trinajstić information content (AvgIpc) is 2.76. The van der Waals surface area contributed by atoms with Crippen LogP contribution in [0, 0.1) is 5.92 Å². The average molecular weight is 303 g/mol. The van der Waals surface area contributed by atoms with Gasteiger partial charge in [0, 0.05) is 51.6 Å². The Balaban J connectivity index is 1.60. The molecule has 2 amide bonds. The largest absolute Gasteiger partial charge is 0.380 e. The van der Waals surface area contributed by atoms with Gasteiger partial charge in [0.2, 0.25) is 11.8 Å². The van der Waals surface area contributed by atoms with Gasteiger partial charge in [-0.15, -0.1) is 0 Å². The van der Waals surface area contributed by atoms with Gasteiger partial charge in [0.05, 0.1) is 12.5 Å². The molecule has 0 aromatic carbocycles.